The summed E-state index contributed by atoms with van der Waals surface area (Å²) in [7, 11) is -3.45. The maximum Gasteiger partial charge on any atom is 0.301 e. The zero-order chi connectivity index (χ0) is 13.3. The van der Waals surface area contributed by atoms with Crippen molar-refractivity contribution in [3.05, 3.63) is 30.5 Å². The van der Waals surface area contributed by atoms with Crippen LogP contribution < -0.4 is 10.0 Å². The Hall–Kier alpha value is -1.57. The van der Waals surface area contributed by atoms with Crippen molar-refractivity contribution in [1.82, 2.24) is 14.6 Å². The van der Waals surface area contributed by atoms with Crippen LogP contribution in [0.2, 0.25) is 0 Å². The molecule has 2 heterocycles. The molecule has 1 aliphatic heterocycles. The van der Waals surface area contributed by atoms with E-state index in [9.17, 15) is 8.42 Å². The van der Waals surface area contributed by atoms with Gasteiger partial charge < -0.3 is 10.3 Å². The Morgan fingerprint density at radius 3 is 2.74 bits per heavy atom. The second-order valence-corrected chi connectivity index (χ2v) is 6.21. The molecule has 3 N–H and O–H groups in total. The van der Waals surface area contributed by atoms with Crippen LogP contribution in [0.5, 0.6) is 0 Å². The molecule has 7 heteroatoms. The summed E-state index contributed by atoms with van der Waals surface area (Å²) in [6.07, 6.45) is 1.83. The minimum Gasteiger partial charge on any atom is -0.361 e. The third kappa shape index (κ3) is 2.58. The average molecular weight is 280 g/mol. The molecule has 1 saturated heterocycles. The van der Waals surface area contributed by atoms with Crippen LogP contribution in [0.4, 0.5) is 5.69 Å². The van der Waals surface area contributed by atoms with Crippen LogP contribution >= 0.6 is 0 Å². The molecule has 0 aliphatic carbocycles. The summed E-state index contributed by atoms with van der Waals surface area (Å²) in [5.41, 5.74) is 1.58. The van der Waals surface area contributed by atoms with Gasteiger partial charge in [-0.15, -0.1) is 0 Å². The molecule has 1 aromatic heterocycles. The fraction of sp³-hybridized carbons (Fsp3) is 0.333. The van der Waals surface area contributed by atoms with E-state index in [-0.39, 0.29) is 0 Å². The lowest BCUT2D eigenvalue weighted by Gasteiger charge is -2.26. The Labute approximate surface area is 112 Å². The zero-order valence-corrected chi connectivity index (χ0v) is 11.2. The Kier molecular flexibility index (Phi) is 3.17. The highest BCUT2D eigenvalue weighted by molar-refractivity contribution is 7.90. The fourth-order valence-corrected chi connectivity index (χ4v) is 3.43. The Morgan fingerprint density at radius 1 is 1.16 bits per heavy atom. The van der Waals surface area contributed by atoms with Crippen LogP contribution in [0.3, 0.4) is 0 Å². The molecule has 1 fully saturated rings. The molecule has 3 rings (SSSR count). The lowest BCUT2D eigenvalue weighted by atomic mass is 10.2. The molecule has 6 nitrogen and oxygen atoms in total. The van der Waals surface area contributed by atoms with E-state index >= 15 is 0 Å². The highest BCUT2D eigenvalue weighted by atomic mass is 32.2. The third-order valence-corrected chi connectivity index (χ3v) is 4.75. The minimum absolute atomic E-state index is 0.502. The largest absolute Gasteiger partial charge is 0.361 e. The molecule has 102 valence electrons. The van der Waals surface area contributed by atoms with E-state index in [1.54, 1.807) is 6.07 Å². The number of fused-ring (bicyclic) bond motifs is 1. The van der Waals surface area contributed by atoms with Crippen molar-refractivity contribution in [1.29, 1.82) is 0 Å². The quantitative estimate of drug-likeness (QED) is 0.775. The van der Waals surface area contributed by atoms with E-state index in [0.717, 1.165) is 10.9 Å². The summed E-state index contributed by atoms with van der Waals surface area (Å²) in [6.45, 7) is 2.39. The van der Waals surface area contributed by atoms with Gasteiger partial charge >= 0.3 is 10.2 Å². The fourth-order valence-electron chi connectivity index (χ4n) is 2.21. The molecule has 0 atom stereocenters. The number of anilines is 1. The molecule has 1 aromatic carbocycles. The SMILES string of the molecule is O=S(=O)(Nc1ccc2[nH]ccc2c1)N1CCNCC1. The number of nitrogens with zero attached hydrogens (tertiary/aromatic N) is 1. The first-order chi connectivity index (χ1) is 9.15. The van der Waals surface area contributed by atoms with Crippen molar-refractivity contribution in [3.8, 4) is 0 Å². The van der Waals surface area contributed by atoms with E-state index in [4.69, 9.17) is 0 Å². The van der Waals surface area contributed by atoms with Crippen molar-refractivity contribution < 1.29 is 8.42 Å². The highest BCUT2D eigenvalue weighted by Crippen LogP contribution is 2.19. The predicted molar refractivity (Wildman–Crippen MR) is 75.3 cm³/mol. The van der Waals surface area contributed by atoms with E-state index < -0.39 is 10.2 Å². The molecular formula is C12H16N4O2S. The van der Waals surface area contributed by atoms with Crippen LogP contribution in [0.15, 0.2) is 30.5 Å². The first kappa shape index (κ1) is 12.5. The summed E-state index contributed by atoms with van der Waals surface area (Å²) >= 11 is 0. The first-order valence-corrected chi connectivity index (χ1v) is 7.65. The van der Waals surface area contributed by atoms with Gasteiger partial charge in [-0.3, -0.25) is 4.72 Å². The normalized spacial score (nSPS) is 17.7. The predicted octanol–water partition coefficient (Wildman–Crippen LogP) is 0.730. The monoisotopic (exact) mass is 280 g/mol. The Bertz CT molecular complexity index is 674. The maximum atomic E-state index is 12.2. The number of nitrogens with one attached hydrogen (secondary N) is 3. The smallest absolute Gasteiger partial charge is 0.301 e. The van der Waals surface area contributed by atoms with Gasteiger partial charge in [0, 0.05) is 43.3 Å². The van der Waals surface area contributed by atoms with Crippen molar-refractivity contribution in [2.24, 2.45) is 0 Å². The van der Waals surface area contributed by atoms with Crippen molar-refractivity contribution in [2.45, 2.75) is 0 Å². The van der Waals surface area contributed by atoms with Crippen LogP contribution in [-0.4, -0.2) is 43.9 Å². The molecule has 0 saturated carbocycles. The minimum atomic E-state index is -3.45. The number of piperazine rings is 1. The van der Waals surface area contributed by atoms with Gasteiger partial charge in [0.25, 0.3) is 0 Å². The molecule has 1 aliphatic rings. The first-order valence-electron chi connectivity index (χ1n) is 6.21. The van der Waals surface area contributed by atoms with Crippen LogP contribution in [-0.2, 0) is 10.2 Å². The molecule has 0 radical (unpaired) electrons. The summed E-state index contributed by atoms with van der Waals surface area (Å²) in [6, 6.07) is 7.37. The Morgan fingerprint density at radius 2 is 1.95 bits per heavy atom. The third-order valence-electron chi connectivity index (χ3n) is 3.22. The lowest BCUT2D eigenvalue weighted by molar-refractivity contribution is 0.362. The van der Waals surface area contributed by atoms with Gasteiger partial charge in [0.15, 0.2) is 0 Å². The van der Waals surface area contributed by atoms with Crippen molar-refractivity contribution in [3.63, 3.8) is 0 Å². The molecular weight excluding hydrogens is 264 g/mol. The summed E-state index contributed by atoms with van der Waals surface area (Å²) in [4.78, 5) is 3.08. The second-order valence-electron chi connectivity index (χ2n) is 4.54. The summed E-state index contributed by atoms with van der Waals surface area (Å²) < 4.78 is 28.5. The molecule has 0 unspecified atom stereocenters. The van der Waals surface area contributed by atoms with Gasteiger partial charge in [0.05, 0.1) is 5.69 Å². The van der Waals surface area contributed by atoms with E-state index in [2.05, 4.69) is 15.0 Å². The van der Waals surface area contributed by atoms with Gasteiger partial charge in [0.1, 0.15) is 0 Å². The highest BCUT2D eigenvalue weighted by Gasteiger charge is 2.23. The molecule has 0 spiro atoms. The lowest BCUT2D eigenvalue weighted by Crippen LogP contribution is -2.48. The number of aromatic nitrogens is 1. The van der Waals surface area contributed by atoms with Crippen LogP contribution in [0.1, 0.15) is 0 Å². The van der Waals surface area contributed by atoms with Crippen LogP contribution in [0, 0.1) is 0 Å². The van der Waals surface area contributed by atoms with Crippen molar-refractivity contribution in [2.75, 3.05) is 30.9 Å². The van der Waals surface area contributed by atoms with Gasteiger partial charge in [-0.1, -0.05) is 0 Å². The molecule has 2 aromatic rings. The zero-order valence-electron chi connectivity index (χ0n) is 10.4. The van der Waals surface area contributed by atoms with Gasteiger partial charge in [0.2, 0.25) is 0 Å². The number of rotatable bonds is 3. The number of hydrogen-bond acceptors (Lipinski definition) is 3. The van der Waals surface area contributed by atoms with Crippen LogP contribution in [0.25, 0.3) is 10.9 Å². The van der Waals surface area contributed by atoms with Gasteiger partial charge in [-0.05, 0) is 24.3 Å². The number of hydrogen-bond donors (Lipinski definition) is 3. The van der Waals surface area contributed by atoms with Gasteiger partial charge in [-0.2, -0.15) is 12.7 Å². The second kappa shape index (κ2) is 4.84. The summed E-state index contributed by atoms with van der Waals surface area (Å²) in [5, 5.41) is 4.12. The summed E-state index contributed by atoms with van der Waals surface area (Å²) in [5.74, 6) is 0. The van der Waals surface area contributed by atoms with E-state index in [0.29, 0.717) is 31.9 Å². The maximum absolute atomic E-state index is 12.2. The van der Waals surface area contributed by atoms with Crippen molar-refractivity contribution >= 4 is 26.8 Å². The average Bonchev–Trinajstić information content (AvgIpc) is 2.87. The van der Waals surface area contributed by atoms with Gasteiger partial charge in [-0.25, -0.2) is 0 Å². The Balaban J connectivity index is 1.82. The van der Waals surface area contributed by atoms with E-state index in [1.165, 1.54) is 4.31 Å². The topological polar surface area (TPSA) is 77.2 Å². The molecule has 19 heavy (non-hydrogen) atoms. The number of H-pyrrole nitrogens is 1. The number of aromatic amines is 1. The molecule has 0 amide bonds. The number of benzene rings is 1. The standard InChI is InChI=1S/C12H16N4O2S/c17-19(18,16-7-5-13-6-8-16)15-11-1-2-12-10(9-11)3-4-14-12/h1-4,9,13-15H,5-8H2. The van der Waals surface area contributed by atoms with E-state index in [1.807, 2.05) is 24.4 Å². The molecule has 0 bridgehead atoms.